The second-order valence-corrected chi connectivity index (χ2v) is 6.82. The smallest absolute Gasteiger partial charge is 0.349 e. The number of pyridine rings is 1. The maximum atomic E-state index is 13.2. The van der Waals surface area contributed by atoms with Crippen molar-refractivity contribution in [2.75, 3.05) is 18.5 Å². The molecule has 11 heteroatoms. The molecule has 3 aromatic heterocycles. The number of H-pyrrole nitrogens is 1. The van der Waals surface area contributed by atoms with E-state index in [1.807, 2.05) is 17.9 Å². The van der Waals surface area contributed by atoms with Crippen molar-refractivity contribution in [1.82, 2.24) is 29.7 Å². The SMILES string of the molecule is C=NN(C)/C=C(\C)c1n[nH]c2ccc(N3CCn4cnc(C(F)(F)F)c4C3)nc12. The van der Waals surface area contributed by atoms with Crippen LogP contribution in [0.2, 0.25) is 0 Å². The first-order valence-corrected chi connectivity index (χ1v) is 8.87. The normalized spacial score (nSPS) is 14.9. The lowest BCUT2D eigenvalue weighted by Crippen LogP contribution is -2.34. The summed E-state index contributed by atoms with van der Waals surface area (Å²) in [6, 6.07) is 3.60. The molecule has 0 aromatic carbocycles. The van der Waals surface area contributed by atoms with Gasteiger partial charge in [0.25, 0.3) is 0 Å². The van der Waals surface area contributed by atoms with Gasteiger partial charge in [-0.2, -0.15) is 23.4 Å². The predicted molar refractivity (Wildman–Crippen MR) is 103 cm³/mol. The van der Waals surface area contributed by atoms with Crippen LogP contribution in [0.3, 0.4) is 0 Å². The molecule has 1 aliphatic rings. The lowest BCUT2D eigenvalue weighted by atomic mass is 10.2. The van der Waals surface area contributed by atoms with E-state index in [4.69, 9.17) is 0 Å². The van der Waals surface area contributed by atoms with Gasteiger partial charge >= 0.3 is 6.18 Å². The van der Waals surface area contributed by atoms with E-state index in [1.165, 1.54) is 6.33 Å². The van der Waals surface area contributed by atoms with Crippen LogP contribution in [-0.4, -0.2) is 50.1 Å². The van der Waals surface area contributed by atoms with Crippen molar-refractivity contribution in [2.45, 2.75) is 26.2 Å². The van der Waals surface area contributed by atoms with Crippen LogP contribution in [0.25, 0.3) is 16.6 Å². The van der Waals surface area contributed by atoms with Crippen molar-refractivity contribution in [3.8, 4) is 0 Å². The highest BCUT2D eigenvalue weighted by molar-refractivity contribution is 5.87. The number of hydrazone groups is 1. The maximum absolute atomic E-state index is 13.2. The quantitative estimate of drug-likeness (QED) is 0.534. The monoisotopic (exact) mass is 404 g/mol. The molecule has 1 aliphatic heterocycles. The molecular weight excluding hydrogens is 385 g/mol. The van der Waals surface area contributed by atoms with E-state index in [0.29, 0.717) is 30.1 Å². The van der Waals surface area contributed by atoms with Gasteiger partial charge in [0.2, 0.25) is 0 Å². The van der Waals surface area contributed by atoms with E-state index in [-0.39, 0.29) is 12.2 Å². The summed E-state index contributed by atoms with van der Waals surface area (Å²) in [5.74, 6) is 0.587. The van der Waals surface area contributed by atoms with Crippen LogP contribution in [0.5, 0.6) is 0 Å². The minimum absolute atomic E-state index is 0.0818. The van der Waals surface area contributed by atoms with Gasteiger partial charge in [-0.15, -0.1) is 0 Å². The van der Waals surface area contributed by atoms with Gasteiger partial charge in [0.1, 0.15) is 17.0 Å². The highest BCUT2D eigenvalue weighted by Gasteiger charge is 2.38. The summed E-state index contributed by atoms with van der Waals surface area (Å²) < 4.78 is 41.3. The Balaban J connectivity index is 1.69. The number of aromatic nitrogens is 5. The zero-order chi connectivity index (χ0) is 20.8. The summed E-state index contributed by atoms with van der Waals surface area (Å²) in [5.41, 5.74) is 2.16. The minimum atomic E-state index is -4.48. The molecule has 0 aliphatic carbocycles. The third kappa shape index (κ3) is 3.43. The molecule has 0 bridgehead atoms. The number of imidazole rings is 1. The van der Waals surface area contributed by atoms with E-state index in [9.17, 15) is 13.2 Å². The second-order valence-electron chi connectivity index (χ2n) is 6.82. The molecule has 0 unspecified atom stereocenters. The molecule has 3 aromatic rings. The Morgan fingerprint density at radius 2 is 2.14 bits per heavy atom. The number of hydrogen-bond donors (Lipinski definition) is 1. The van der Waals surface area contributed by atoms with Crippen LogP contribution in [0, 0.1) is 0 Å². The van der Waals surface area contributed by atoms with Gasteiger partial charge in [0.05, 0.1) is 24.1 Å². The van der Waals surface area contributed by atoms with E-state index >= 15 is 0 Å². The number of anilines is 1. The number of hydrogen-bond acceptors (Lipinski definition) is 6. The van der Waals surface area contributed by atoms with Gasteiger partial charge in [-0.05, 0) is 24.6 Å². The molecule has 0 atom stereocenters. The fourth-order valence-corrected chi connectivity index (χ4v) is 3.41. The number of allylic oxidation sites excluding steroid dienone is 1. The van der Waals surface area contributed by atoms with Crippen molar-refractivity contribution in [1.29, 1.82) is 0 Å². The van der Waals surface area contributed by atoms with Gasteiger partial charge in [-0.25, -0.2) is 9.97 Å². The summed E-state index contributed by atoms with van der Waals surface area (Å²) in [6.07, 6.45) is -1.46. The fraction of sp³-hybridized carbons (Fsp3) is 0.333. The third-order valence-electron chi connectivity index (χ3n) is 4.86. The zero-order valence-electron chi connectivity index (χ0n) is 15.9. The number of nitrogens with one attached hydrogen (secondary N) is 1. The van der Waals surface area contributed by atoms with E-state index < -0.39 is 11.9 Å². The number of nitrogens with zero attached hydrogens (tertiary/aromatic N) is 7. The summed E-state index contributed by atoms with van der Waals surface area (Å²) in [7, 11) is 1.75. The van der Waals surface area contributed by atoms with Gasteiger partial charge < -0.3 is 9.47 Å². The van der Waals surface area contributed by atoms with Crippen LogP contribution in [0.15, 0.2) is 29.8 Å². The third-order valence-corrected chi connectivity index (χ3v) is 4.86. The second kappa shape index (κ2) is 6.90. The summed E-state index contributed by atoms with van der Waals surface area (Å²) in [6.45, 7) is 6.36. The Kier molecular flexibility index (Phi) is 4.52. The maximum Gasteiger partial charge on any atom is 0.435 e. The van der Waals surface area contributed by atoms with Crippen LogP contribution < -0.4 is 4.90 Å². The molecule has 152 valence electrons. The zero-order valence-corrected chi connectivity index (χ0v) is 15.9. The van der Waals surface area contributed by atoms with Crippen molar-refractivity contribution in [3.63, 3.8) is 0 Å². The van der Waals surface area contributed by atoms with E-state index in [0.717, 1.165) is 11.1 Å². The van der Waals surface area contributed by atoms with Crippen LogP contribution in [-0.2, 0) is 19.3 Å². The molecule has 0 radical (unpaired) electrons. The highest BCUT2D eigenvalue weighted by atomic mass is 19.4. The van der Waals surface area contributed by atoms with Crippen molar-refractivity contribution in [2.24, 2.45) is 5.10 Å². The van der Waals surface area contributed by atoms with Crippen molar-refractivity contribution < 1.29 is 13.2 Å². The lowest BCUT2D eigenvalue weighted by molar-refractivity contribution is -0.141. The van der Waals surface area contributed by atoms with E-state index in [2.05, 4.69) is 32.0 Å². The number of fused-ring (bicyclic) bond motifs is 2. The molecule has 8 nitrogen and oxygen atoms in total. The van der Waals surface area contributed by atoms with Crippen molar-refractivity contribution >= 4 is 29.1 Å². The number of rotatable bonds is 4. The van der Waals surface area contributed by atoms with Crippen LogP contribution >= 0.6 is 0 Å². The first-order chi connectivity index (χ1) is 13.8. The molecule has 0 saturated heterocycles. The summed E-state index contributed by atoms with van der Waals surface area (Å²) in [4.78, 5) is 10.1. The van der Waals surface area contributed by atoms with Crippen molar-refractivity contribution in [3.05, 3.63) is 41.7 Å². The number of halogens is 3. The predicted octanol–water partition coefficient (Wildman–Crippen LogP) is 3.10. The first kappa shape index (κ1) is 19.0. The first-order valence-electron chi connectivity index (χ1n) is 8.87. The molecule has 29 heavy (non-hydrogen) atoms. The van der Waals surface area contributed by atoms with Gasteiger partial charge in [-0.1, -0.05) is 0 Å². The minimum Gasteiger partial charge on any atom is -0.349 e. The molecule has 0 fully saturated rings. The number of alkyl halides is 3. The Hall–Kier alpha value is -3.37. The van der Waals surface area contributed by atoms with Crippen LogP contribution in [0.1, 0.15) is 24.0 Å². The van der Waals surface area contributed by atoms with E-state index in [1.54, 1.807) is 28.9 Å². The molecular formula is C18H19F3N8. The summed E-state index contributed by atoms with van der Waals surface area (Å²) >= 11 is 0. The average Bonchev–Trinajstić information content (AvgIpc) is 3.30. The molecule has 4 heterocycles. The molecule has 0 amide bonds. The lowest BCUT2D eigenvalue weighted by Gasteiger charge is -2.29. The Morgan fingerprint density at radius 1 is 1.34 bits per heavy atom. The van der Waals surface area contributed by atoms with Gasteiger partial charge in [0, 0.05) is 33.1 Å². The Labute approximate surface area is 164 Å². The van der Waals surface area contributed by atoms with Gasteiger partial charge in [0.15, 0.2) is 5.69 Å². The largest absolute Gasteiger partial charge is 0.435 e. The average molecular weight is 404 g/mol. The topological polar surface area (TPSA) is 78.2 Å². The summed E-state index contributed by atoms with van der Waals surface area (Å²) in [5, 5.41) is 12.6. The highest BCUT2D eigenvalue weighted by Crippen LogP contribution is 2.33. The van der Waals surface area contributed by atoms with Crippen LogP contribution in [0.4, 0.5) is 19.0 Å². The molecule has 0 saturated carbocycles. The van der Waals surface area contributed by atoms with Gasteiger partial charge in [-0.3, -0.25) is 10.1 Å². The number of aromatic amines is 1. The standard InChI is InChI=1S/C18H19F3N8/c1-11(8-27(3)22-2)15-16-12(25-26-15)4-5-14(24-16)28-6-7-29-10-23-17(13(29)9-28)18(19,20)21/h4-5,8,10H,2,6-7,9H2,1,3H3,(H,25,26)/b11-8+. The Morgan fingerprint density at radius 3 is 2.86 bits per heavy atom. The molecule has 4 rings (SSSR count). The molecule has 1 N–H and O–H groups in total. The molecule has 0 spiro atoms. The Bertz CT molecular complexity index is 1090. The fourth-order valence-electron chi connectivity index (χ4n) is 3.41.